The number of carboxylic acid groups (broad SMARTS) is 2. The number of likely N-dealkylation sites (N-methyl/N-ethyl adjacent to an activating group) is 1. The number of rotatable bonds is 10. The van der Waals surface area contributed by atoms with Crippen molar-refractivity contribution in [1.29, 1.82) is 0 Å². The van der Waals surface area contributed by atoms with Gasteiger partial charge in [0.15, 0.2) is 0 Å². The van der Waals surface area contributed by atoms with Gasteiger partial charge in [0.2, 0.25) is 0 Å². The van der Waals surface area contributed by atoms with Crippen molar-refractivity contribution in [3.8, 4) is 0 Å². The van der Waals surface area contributed by atoms with Crippen LogP contribution in [-0.2, 0) is 9.59 Å². The maximum atomic E-state index is 11.0. The lowest BCUT2D eigenvalue weighted by Gasteiger charge is -2.26. The lowest BCUT2D eigenvalue weighted by molar-refractivity contribution is -0.149. The molecule has 0 aromatic heterocycles. The predicted molar refractivity (Wildman–Crippen MR) is 65.1 cm³/mol. The molecule has 17 heavy (non-hydrogen) atoms. The van der Waals surface area contributed by atoms with Crippen LogP contribution in [0.3, 0.4) is 0 Å². The zero-order valence-electron chi connectivity index (χ0n) is 10.7. The molecule has 0 rings (SSSR count). The summed E-state index contributed by atoms with van der Waals surface area (Å²) in [7, 11) is 0. The molecule has 2 N–H and O–H groups in total. The van der Waals surface area contributed by atoms with E-state index in [2.05, 4.69) is 6.92 Å². The maximum Gasteiger partial charge on any atom is 0.321 e. The smallest absolute Gasteiger partial charge is 0.321 e. The number of carbonyl (C=O) groups is 2. The number of aliphatic carboxylic acids is 2. The summed E-state index contributed by atoms with van der Waals surface area (Å²) >= 11 is 0. The van der Waals surface area contributed by atoms with Crippen LogP contribution < -0.4 is 0 Å². The van der Waals surface area contributed by atoms with E-state index >= 15 is 0 Å². The Balaban J connectivity index is 4.25. The highest BCUT2D eigenvalue weighted by Gasteiger charge is 2.26. The van der Waals surface area contributed by atoms with Crippen molar-refractivity contribution in [1.82, 2.24) is 4.90 Å². The minimum absolute atomic E-state index is 0.336. The molecule has 1 atom stereocenters. The molecule has 0 amide bonds. The molecule has 0 radical (unpaired) electrons. The number of nitrogens with zero attached hydrogens (tertiary/aromatic N) is 1. The molecule has 0 saturated carbocycles. The first-order valence-electron chi connectivity index (χ1n) is 6.21. The topological polar surface area (TPSA) is 77.8 Å². The van der Waals surface area contributed by atoms with Crippen molar-refractivity contribution >= 4 is 11.9 Å². The van der Waals surface area contributed by atoms with Crippen LogP contribution in [0.5, 0.6) is 0 Å². The number of carboxylic acids is 2. The van der Waals surface area contributed by atoms with E-state index in [0.717, 1.165) is 25.7 Å². The molecule has 0 fully saturated rings. The quantitative estimate of drug-likeness (QED) is 0.574. The van der Waals surface area contributed by atoms with Gasteiger partial charge < -0.3 is 10.2 Å². The third-order valence-corrected chi connectivity index (χ3v) is 2.80. The molecule has 0 aliphatic rings. The molecular formula is C12H23NO4. The molecule has 0 spiro atoms. The molecule has 5 nitrogen and oxygen atoms in total. The Morgan fingerprint density at radius 2 is 1.76 bits per heavy atom. The zero-order chi connectivity index (χ0) is 13.3. The standard InChI is InChI=1S/C12H23NO4/c1-3-5-6-7-8-13(4-2)10(12(16)17)9-11(14)15/h10H,3-9H2,1-2H3,(H,14,15)(H,16,17)/t10-/m0/s1. The molecule has 0 aromatic carbocycles. The Labute approximate surface area is 102 Å². The van der Waals surface area contributed by atoms with Crippen LogP contribution >= 0.6 is 0 Å². The Morgan fingerprint density at radius 3 is 2.18 bits per heavy atom. The van der Waals surface area contributed by atoms with E-state index in [1.807, 2.05) is 6.92 Å². The summed E-state index contributed by atoms with van der Waals surface area (Å²) in [5, 5.41) is 17.7. The molecule has 0 saturated heterocycles. The van der Waals surface area contributed by atoms with Crippen molar-refractivity contribution in [2.24, 2.45) is 0 Å². The Kier molecular flexibility index (Phi) is 8.40. The van der Waals surface area contributed by atoms with Gasteiger partial charge in [-0.1, -0.05) is 33.1 Å². The van der Waals surface area contributed by atoms with E-state index in [1.165, 1.54) is 0 Å². The van der Waals surface area contributed by atoms with Crippen molar-refractivity contribution in [3.05, 3.63) is 0 Å². The van der Waals surface area contributed by atoms with Gasteiger partial charge in [-0.25, -0.2) is 0 Å². The SMILES string of the molecule is CCCCCCN(CC)[C@@H](CC(=O)O)C(=O)O. The highest BCUT2D eigenvalue weighted by molar-refractivity contribution is 5.80. The van der Waals surface area contributed by atoms with Crippen molar-refractivity contribution in [3.63, 3.8) is 0 Å². The predicted octanol–water partition coefficient (Wildman–Crippen LogP) is 1.82. The van der Waals surface area contributed by atoms with Crippen LogP contribution in [0.15, 0.2) is 0 Å². The van der Waals surface area contributed by atoms with Gasteiger partial charge in [0.05, 0.1) is 6.42 Å². The van der Waals surface area contributed by atoms with Crippen LogP contribution in [0, 0.1) is 0 Å². The molecule has 0 aliphatic carbocycles. The van der Waals surface area contributed by atoms with Crippen LogP contribution in [0.25, 0.3) is 0 Å². The molecular weight excluding hydrogens is 222 g/mol. The van der Waals surface area contributed by atoms with Crippen LogP contribution in [0.2, 0.25) is 0 Å². The summed E-state index contributed by atoms with van der Waals surface area (Å²) in [4.78, 5) is 23.4. The molecule has 100 valence electrons. The van der Waals surface area contributed by atoms with Gasteiger partial charge >= 0.3 is 11.9 Å². The van der Waals surface area contributed by atoms with E-state index < -0.39 is 18.0 Å². The van der Waals surface area contributed by atoms with Gasteiger partial charge in [0.25, 0.3) is 0 Å². The normalized spacial score (nSPS) is 12.6. The van der Waals surface area contributed by atoms with Gasteiger partial charge in [0, 0.05) is 0 Å². The van der Waals surface area contributed by atoms with E-state index in [9.17, 15) is 9.59 Å². The maximum absolute atomic E-state index is 11.0. The van der Waals surface area contributed by atoms with E-state index in [-0.39, 0.29) is 6.42 Å². The lowest BCUT2D eigenvalue weighted by Crippen LogP contribution is -2.43. The first-order chi connectivity index (χ1) is 8.02. The molecule has 0 heterocycles. The van der Waals surface area contributed by atoms with Crippen LogP contribution in [0.1, 0.15) is 46.0 Å². The summed E-state index contributed by atoms with van der Waals surface area (Å²) < 4.78 is 0. The average molecular weight is 245 g/mol. The van der Waals surface area contributed by atoms with Gasteiger partial charge in [-0.2, -0.15) is 0 Å². The fourth-order valence-corrected chi connectivity index (χ4v) is 1.81. The second kappa shape index (κ2) is 8.98. The Hall–Kier alpha value is -1.10. The first-order valence-corrected chi connectivity index (χ1v) is 6.21. The lowest BCUT2D eigenvalue weighted by atomic mass is 10.1. The van der Waals surface area contributed by atoms with Crippen molar-refractivity contribution in [2.75, 3.05) is 13.1 Å². The van der Waals surface area contributed by atoms with Crippen LogP contribution in [-0.4, -0.2) is 46.2 Å². The zero-order valence-corrected chi connectivity index (χ0v) is 10.7. The molecule has 0 bridgehead atoms. The minimum Gasteiger partial charge on any atom is -0.481 e. The van der Waals surface area contributed by atoms with Crippen molar-refractivity contribution < 1.29 is 19.8 Å². The second-order valence-corrected chi connectivity index (χ2v) is 4.14. The fourth-order valence-electron chi connectivity index (χ4n) is 1.81. The minimum atomic E-state index is -1.07. The highest BCUT2D eigenvalue weighted by atomic mass is 16.4. The summed E-state index contributed by atoms with van der Waals surface area (Å²) in [6, 6.07) is -0.904. The van der Waals surface area contributed by atoms with E-state index in [4.69, 9.17) is 10.2 Å². The van der Waals surface area contributed by atoms with Crippen molar-refractivity contribution in [2.45, 2.75) is 52.0 Å². The summed E-state index contributed by atoms with van der Waals surface area (Å²) in [5.41, 5.74) is 0. The van der Waals surface area contributed by atoms with Gasteiger partial charge in [-0.15, -0.1) is 0 Å². The third kappa shape index (κ3) is 6.94. The first kappa shape index (κ1) is 15.9. The Bertz CT molecular complexity index is 243. The largest absolute Gasteiger partial charge is 0.481 e. The van der Waals surface area contributed by atoms with Gasteiger partial charge in [0.1, 0.15) is 6.04 Å². The van der Waals surface area contributed by atoms with E-state index in [1.54, 1.807) is 4.90 Å². The molecule has 0 aromatic rings. The molecule has 5 heteroatoms. The average Bonchev–Trinajstić information content (AvgIpc) is 2.26. The second-order valence-electron chi connectivity index (χ2n) is 4.14. The summed E-state index contributed by atoms with van der Waals surface area (Å²) in [6.07, 6.45) is 3.91. The third-order valence-electron chi connectivity index (χ3n) is 2.80. The molecule has 0 aliphatic heterocycles. The number of hydrogen-bond donors (Lipinski definition) is 2. The summed E-state index contributed by atoms with van der Waals surface area (Å²) in [6.45, 7) is 5.19. The van der Waals surface area contributed by atoms with Crippen LogP contribution in [0.4, 0.5) is 0 Å². The van der Waals surface area contributed by atoms with E-state index in [0.29, 0.717) is 13.1 Å². The number of hydrogen-bond acceptors (Lipinski definition) is 3. The summed E-state index contributed by atoms with van der Waals surface area (Å²) in [5.74, 6) is -2.12. The Morgan fingerprint density at radius 1 is 1.12 bits per heavy atom. The monoisotopic (exact) mass is 245 g/mol. The molecule has 0 unspecified atom stereocenters. The van der Waals surface area contributed by atoms with Gasteiger partial charge in [-0.3, -0.25) is 14.5 Å². The fraction of sp³-hybridized carbons (Fsp3) is 0.833. The number of unbranched alkanes of at least 4 members (excludes halogenated alkanes) is 3. The van der Waals surface area contributed by atoms with Gasteiger partial charge in [-0.05, 0) is 19.5 Å². The highest BCUT2D eigenvalue weighted by Crippen LogP contribution is 2.08.